The first-order valence-corrected chi connectivity index (χ1v) is 5.95. The highest BCUT2D eigenvalue weighted by Gasteiger charge is 1.89. The molecule has 0 aromatic carbocycles. The molecule has 3 N–H and O–H groups in total. The predicted octanol–water partition coefficient (Wildman–Crippen LogP) is 3.43. The number of hydrogen-bond donors (Lipinski definition) is 2. The van der Waals surface area contributed by atoms with Gasteiger partial charge in [-0.25, -0.2) is 0 Å². The first-order chi connectivity index (χ1) is 7.31. The van der Waals surface area contributed by atoms with Gasteiger partial charge in [0.25, 0.3) is 0 Å². The summed E-state index contributed by atoms with van der Waals surface area (Å²) < 4.78 is 0. The molecule has 0 amide bonds. The Morgan fingerprint density at radius 3 is 2.33 bits per heavy atom. The Morgan fingerprint density at radius 1 is 1.13 bits per heavy atom. The average molecular weight is 212 g/mol. The highest BCUT2D eigenvalue weighted by molar-refractivity contribution is 5.90. The van der Waals surface area contributed by atoms with Crippen LogP contribution in [-0.2, 0) is 0 Å². The summed E-state index contributed by atoms with van der Waals surface area (Å²) >= 11 is 0. The lowest BCUT2D eigenvalue weighted by Gasteiger charge is -1.98. The van der Waals surface area contributed by atoms with E-state index in [9.17, 15) is 0 Å². The Hall–Kier alpha value is -0.990. The largest absolute Gasteiger partial charge is 0.409 e. The second kappa shape index (κ2) is 11.1. The lowest BCUT2D eigenvalue weighted by atomic mass is 10.1. The number of oxime groups is 1. The van der Waals surface area contributed by atoms with Crippen LogP contribution in [0.4, 0.5) is 0 Å². The molecule has 0 aromatic rings. The van der Waals surface area contributed by atoms with E-state index in [-0.39, 0.29) is 5.84 Å². The molecule has 3 heteroatoms. The van der Waals surface area contributed by atoms with Crippen LogP contribution in [0, 0.1) is 0 Å². The fourth-order valence-corrected chi connectivity index (χ4v) is 1.46. The minimum atomic E-state index is 0.179. The van der Waals surface area contributed by atoms with E-state index >= 15 is 0 Å². The third kappa shape index (κ3) is 10.9. The van der Waals surface area contributed by atoms with Crippen LogP contribution in [0.2, 0.25) is 0 Å². The fraction of sp³-hybridized carbons (Fsp3) is 0.750. The van der Waals surface area contributed by atoms with Gasteiger partial charge in [0.05, 0.1) is 0 Å². The summed E-state index contributed by atoms with van der Waals surface area (Å²) in [7, 11) is 0. The van der Waals surface area contributed by atoms with E-state index in [1.165, 1.54) is 44.9 Å². The first-order valence-electron chi connectivity index (χ1n) is 5.95. The summed E-state index contributed by atoms with van der Waals surface area (Å²) in [6.07, 6.45) is 13.8. The number of nitrogens with zero attached hydrogens (tertiary/aromatic N) is 1. The topological polar surface area (TPSA) is 58.6 Å². The molecule has 0 saturated carbocycles. The molecule has 0 rings (SSSR count). The molecule has 0 aliphatic heterocycles. The molecular weight excluding hydrogens is 188 g/mol. The van der Waals surface area contributed by atoms with Crippen molar-refractivity contribution in [1.29, 1.82) is 0 Å². The lowest BCUT2D eigenvalue weighted by Crippen LogP contribution is -2.06. The SMILES string of the molecule is CCCCCCCCCC=C/C(N)=N/O. The molecular formula is C12H24N2O. The molecule has 88 valence electrons. The molecule has 3 nitrogen and oxygen atoms in total. The Morgan fingerprint density at radius 2 is 1.73 bits per heavy atom. The van der Waals surface area contributed by atoms with Crippen LogP contribution in [0.1, 0.15) is 58.3 Å². The van der Waals surface area contributed by atoms with E-state index < -0.39 is 0 Å². The van der Waals surface area contributed by atoms with Gasteiger partial charge in [0.1, 0.15) is 0 Å². The van der Waals surface area contributed by atoms with E-state index in [0.717, 1.165) is 6.42 Å². The molecule has 0 saturated heterocycles. The van der Waals surface area contributed by atoms with Crippen molar-refractivity contribution in [3.05, 3.63) is 12.2 Å². The maximum Gasteiger partial charge on any atom is 0.162 e. The van der Waals surface area contributed by atoms with E-state index in [0.29, 0.717) is 0 Å². The van der Waals surface area contributed by atoms with E-state index in [4.69, 9.17) is 10.9 Å². The molecule has 0 aromatic heterocycles. The predicted molar refractivity (Wildman–Crippen MR) is 65.2 cm³/mol. The molecule has 0 aliphatic rings. The number of rotatable bonds is 9. The van der Waals surface area contributed by atoms with Crippen molar-refractivity contribution in [2.75, 3.05) is 0 Å². The van der Waals surface area contributed by atoms with Gasteiger partial charge in [-0.1, -0.05) is 56.7 Å². The van der Waals surface area contributed by atoms with Crippen molar-refractivity contribution < 1.29 is 5.21 Å². The number of allylic oxidation sites excluding steroid dienone is 1. The third-order valence-electron chi connectivity index (χ3n) is 2.38. The quantitative estimate of drug-likeness (QED) is 0.202. The molecule has 0 heterocycles. The average Bonchev–Trinajstić information content (AvgIpc) is 2.26. The molecule has 0 radical (unpaired) electrons. The Bertz CT molecular complexity index is 188. The summed E-state index contributed by atoms with van der Waals surface area (Å²) in [6.45, 7) is 2.23. The van der Waals surface area contributed by atoms with E-state index in [2.05, 4.69) is 12.1 Å². The van der Waals surface area contributed by atoms with E-state index in [1.807, 2.05) is 6.08 Å². The number of hydrogen-bond acceptors (Lipinski definition) is 2. The van der Waals surface area contributed by atoms with Crippen LogP contribution in [0.15, 0.2) is 17.3 Å². The van der Waals surface area contributed by atoms with Gasteiger partial charge < -0.3 is 10.9 Å². The van der Waals surface area contributed by atoms with Crippen molar-refractivity contribution in [3.8, 4) is 0 Å². The summed E-state index contributed by atoms with van der Waals surface area (Å²) in [5.41, 5.74) is 5.28. The van der Waals surface area contributed by atoms with Crippen LogP contribution < -0.4 is 5.73 Å². The summed E-state index contributed by atoms with van der Waals surface area (Å²) in [4.78, 5) is 0. The van der Waals surface area contributed by atoms with Gasteiger partial charge in [-0.2, -0.15) is 0 Å². The smallest absolute Gasteiger partial charge is 0.162 e. The fourth-order valence-electron chi connectivity index (χ4n) is 1.46. The molecule has 0 unspecified atom stereocenters. The number of nitrogens with two attached hydrogens (primary N) is 1. The minimum absolute atomic E-state index is 0.179. The summed E-state index contributed by atoms with van der Waals surface area (Å²) in [5.74, 6) is 0.179. The lowest BCUT2D eigenvalue weighted by molar-refractivity contribution is 0.319. The van der Waals surface area contributed by atoms with Gasteiger partial charge in [-0.15, -0.1) is 0 Å². The highest BCUT2D eigenvalue weighted by atomic mass is 16.4. The van der Waals surface area contributed by atoms with Crippen molar-refractivity contribution in [2.24, 2.45) is 10.9 Å². The minimum Gasteiger partial charge on any atom is -0.409 e. The van der Waals surface area contributed by atoms with Gasteiger partial charge in [0.15, 0.2) is 5.84 Å². The molecule has 0 fully saturated rings. The second-order valence-corrected chi connectivity index (χ2v) is 3.84. The summed E-state index contributed by atoms with van der Waals surface area (Å²) in [6, 6.07) is 0. The number of amidine groups is 1. The normalized spacial score (nSPS) is 12.5. The van der Waals surface area contributed by atoms with Gasteiger partial charge in [-0.05, 0) is 18.9 Å². The van der Waals surface area contributed by atoms with Crippen LogP contribution >= 0.6 is 0 Å². The van der Waals surface area contributed by atoms with Crippen molar-refractivity contribution in [3.63, 3.8) is 0 Å². The Kier molecular flexibility index (Phi) is 10.4. The molecule has 0 atom stereocenters. The molecule has 0 spiro atoms. The van der Waals surface area contributed by atoms with Gasteiger partial charge in [-0.3, -0.25) is 0 Å². The van der Waals surface area contributed by atoms with Crippen molar-refractivity contribution in [1.82, 2.24) is 0 Å². The number of unbranched alkanes of at least 4 members (excludes halogenated alkanes) is 7. The Balaban J connectivity index is 3.14. The van der Waals surface area contributed by atoms with Crippen molar-refractivity contribution >= 4 is 5.84 Å². The maximum absolute atomic E-state index is 8.27. The third-order valence-corrected chi connectivity index (χ3v) is 2.38. The zero-order valence-corrected chi connectivity index (χ0v) is 9.78. The molecule has 0 aliphatic carbocycles. The summed E-state index contributed by atoms with van der Waals surface area (Å²) in [5, 5.41) is 11.1. The van der Waals surface area contributed by atoms with Crippen LogP contribution in [-0.4, -0.2) is 11.0 Å². The van der Waals surface area contributed by atoms with Gasteiger partial charge in [0, 0.05) is 0 Å². The standard InChI is InChI=1S/C12H24N2O/c1-2-3-4-5-6-7-8-9-10-11-12(13)14-15/h10-11,15H,2-9H2,1H3,(H2,13,14). The van der Waals surface area contributed by atoms with Gasteiger partial charge in [0.2, 0.25) is 0 Å². The molecule has 0 bridgehead atoms. The second-order valence-electron chi connectivity index (χ2n) is 3.84. The zero-order valence-electron chi connectivity index (χ0n) is 9.78. The highest BCUT2D eigenvalue weighted by Crippen LogP contribution is 2.08. The van der Waals surface area contributed by atoms with E-state index in [1.54, 1.807) is 6.08 Å². The van der Waals surface area contributed by atoms with Crippen molar-refractivity contribution in [2.45, 2.75) is 58.3 Å². The Labute approximate surface area is 93.0 Å². The zero-order chi connectivity index (χ0) is 11.4. The maximum atomic E-state index is 8.27. The van der Waals surface area contributed by atoms with Gasteiger partial charge >= 0.3 is 0 Å². The van der Waals surface area contributed by atoms with Crippen LogP contribution in [0.3, 0.4) is 0 Å². The first kappa shape index (κ1) is 14.0. The van der Waals surface area contributed by atoms with Crippen LogP contribution in [0.5, 0.6) is 0 Å². The van der Waals surface area contributed by atoms with Crippen LogP contribution in [0.25, 0.3) is 0 Å². The molecule has 15 heavy (non-hydrogen) atoms. The monoisotopic (exact) mass is 212 g/mol.